The fourth-order valence-corrected chi connectivity index (χ4v) is 2.09. The second kappa shape index (κ2) is 6.10. The highest BCUT2D eigenvalue weighted by Gasteiger charge is 2.30. The highest BCUT2D eigenvalue weighted by atomic mass is 16.3. The molecule has 2 N–H and O–H groups in total. The lowest BCUT2D eigenvalue weighted by Crippen LogP contribution is -2.42. The van der Waals surface area contributed by atoms with Crippen molar-refractivity contribution in [2.45, 2.75) is 32.8 Å². The van der Waals surface area contributed by atoms with Gasteiger partial charge in [-0.1, -0.05) is 47.5 Å². The summed E-state index contributed by atoms with van der Waals surface area (Å²) < 4.78 is 0. The largest absolute Gasteiger partial charge is 0.380 e. The zero-order chi connectivity index (χ0) is 15.5. The molecule has 0 heterocycles. The number of carbonyl (C=O) groups excluding carboxylic acids is 1. The van der Waals surface area contributed by atoms with Gasteiger partial charge in [0.15, 0.2) is 0 Å². The number of rotatable bonds is 4. The Balaban J connectivity index is 2.05. The zero-order valence-electron chi connectivity index (χ0n) is 12.7. The van der Waals surface area contributed by atoms with Crippen molar-refractivity contribution in [3.8, 4) is 0 Å². The van der Waals surface area contributed by atoms with E-state index in [2.05, 4.69) is 5.32 Å². The molecule has 0 saturated heterocycles. The Bertz CT molecular complexity index is 613. The average Bonchev–Trinajstić information content (AvgIpc) is 2.43. The minimum atomic E-state index is -1.44. The van der Waals surface area contributed by atoms with Gasteiger partial charge in [-0.3, -0.25) is 4.79 Å². The third-order valence-corrected chi connectivity index (χ3v) is 3.47. The third-order valence-electron chi connectivity index (χ3n) is 3.47. The topological polar surface area (TPSA) is 49.3 Å². The van der Waals surface area contributed by atoms with E-state index in [1.54, 1.807) is 0 Å². The van der Waals surface area contributed by atoms with E-state index in [1.807, 2.05) is 62.4 Å². The van der Waals surface area contributed by atoms with E-state index in [-0.39, 0.29) is 6.42 Å². The van der Waals surface area contributed by atoms with Gasteiger partial charge in [-0.15, -0.1) is 0 Å². The normalized spacial score (nSPS) is 13.5. The van der Waals surface area contributed by atoms with Crippen molar-refractivity contribution in [3.05, 3.63) is 65.2 Å². The first-order valence-corrected chi connectivity index (χ1v) is 7.03. The maximum atomic E-state index is 12.2. The predicted octanol–water partition coefficient (Wildman–Crippen LogP) is 3.24. The fourth-order valence-electron chi connectivity index (χ4n) is 2.09. The van der Waals surface area contributed by atoms with E-state index in [9.17, 15) is 9.90 Å². The molecule has 21 heavy (non-hydrogen) atoms. The summed E-state index contributed by atoms with van der Waals surface area (Å²) in [7, 11) is 0. The quantitative estimate of drug-likeness (QED) is 0.905. The third kappa shape index (κ3) is 4.17. The van der Waals surface area contributed by atoms with Crippen LogP contribution in [0.2, 0.25) is 0 Å². The van der Waals surface area contributed by atoms with Crippen molar-refractivity contribution in [1.82, 2.24) is 0 Å². The van der Waals surface area contributed by atoms with E-state index in [0.29, 0.717) is 5.69 Å². The Labute approximate surface area is 125 Å². The van der Waals surface area contributed by atoms with E-state index < -0.39 is 11.5 Å². The van der Waals surface area contributed by atoms with Crippen molar-refractivity contribution in [3.63, 3.8) is 0 Å². The van der Waals surface area contributed by atoms with Crippen LogP contribution in [0.25, 0.3) is 0 Å². The molecule has 110 valence electrons. The molecule has 2 aromatic rings. The Kier molecular flexibility index (Phi) is 4.43. The molecule has 0 aliphatic rings. The SMILES string of the molecule is Cc1ccc(CC(C)(O)C(=O)Nc2ccc(C)cc2)cc1. The van der Waals surface area contributed by atoms with Gasteiger partial charge in [-0.05, 0) is 38.5 Å². The number of nitrogens with one attached hydrogen (secondary N) is 1. The molecule has 1 atom stereocenters. The van der Waals surface area contributed by atoms with Crippen LogP contribution in [0.4, 0.5) is 5.69 Å². The van der Waals surface area contributed by atoms with Crippen LogP contribution in [0, 0.1) is 13.8 Å². The molecule has 0 aliphatic carbocycles. The summed E-state index contributed by atoms with van der Waals surface area (Å²) >= 11 is 0. The molecule has 0 spiro atoms. The van der Waals surface area contributed by atoms with Gasteiger partial charge in [0.25, 0.3) is 5.91 Å². The number of benzene rings is 2. The minimum absolute atomic E-state index is 0.283. The van der Waals surface area contributed by atoms with Crippen LogP contribution in [0.5, 0.6) is 0 Å². The summed E-state index contributed by atoms with van der Waals surface area (Å²) in [6.07, 6.45) is 0.283. The molecule has 0 bridgehead atoms. The van der Waals surface area contributed by atoms with Crippen LogP contribution in [0.1, 0.15) is 23.6 Å². The summed E-state index contributed by atoms with van der Waals surface area (Å²) in [5.74, 6) is -0.396. The zero-order valence-corrected chi connectivity index (χ0v) is 12.7. The molecule has 2 aromatic carbocycles. The monoisotopic (exact) mass is 283 g/mol. The molecule has 1 unspecified atom stereocenters. The van der Waals surface area contributed by atoms with E-state index in [4.69, 9.17) is 0 Å². The second-order valence-corrected chi connectivity index (χ2v) is 5.76. The van der Waals surface area contributed by atoms with Crippen molar-refractivity contribution in [1.29, 1.82) is 0 Å². The smallest absolute Gasteiger partial charge is 0.256 e. The van der Waals surface area contributed by atoms with Gasteiger partial charge in [0.2, 0.25) is 0 Å². The van der Waals surface area contributed by atoms with Gasteiger partial charge in [-0.25, -0.2) is 0 Å². The standard InChI is InChI=1S/C18H21NO2/c1-13-4-8-15(9-5-13)12-18(3,21)17(20)19-16-10-6-14(2)7-11-16/h4-11,21H,12H2,1-3H3,(H,19,20). The van der Waals surface area contributed by atoms with Crippen molar-refractivity contribution in [2.24, 2.45) is 0 Å². The average molecular weight is 283 g/mol. The summed E-state index contributed by atoms with van der Waals surface area (Å²) in [6.45, 7) is 5.53. The molecular weight excluding hydrogens is 262 g/mol. The van der Waals surface area contributed by atoms with Gasteiger partial charge < -0.3 is 10.4 Å². The fraction of sp³-hybridized carbons (Fsp3) is 0.278. The lowest BCUT2D eigenvalue weighted by molar-refractivity contribution is -0.132. The van der Waals surface area contributed by atoms with Crippen LogP contribution in [-0.4, -0.2) is 16.6 Å². The minimum Gasteiger partial charge on any atom is -0.380 e. The van der Waals surface area contributed by atoms with E-state index in [0.717, 1.165) is 16.7 Å². The van der Waals surface area contributed by atoms with Crippen LogP contribution in [0.3, 0.4) is 0 Å². The Hall–Kier alpha value is -2.13. The number of aryl methyl sites for hydroxylation is 2. The highest BCUT2D eigenvalue weighted by molar-refractivity contribution is 5.97. The first kappa shape index (κ1) is 15.3. The summed E-state index contributed by atoms with van der Waals surface area (Å²) in [6, 6.07) is 15.3. The van der Waals surface area contributed by atoms with Crippen molar-refractivity contribution < 1.29 is 9.90 Å². The molecule has 3 nitrogen and oxygen atoms in total. The lowest BCUT2D eigenvalue weighted by atomic mass is 9.95. The highest BCUT2D eigenvalue weighted by Crippen LogP contribution is 2.17. The molecule has 0 saturated carbocycles. The molecule has 0 aliphatic heterocycles. The Morgan fingerprint density at radius 2 is 1.48 bits per heavy atom. The van der Waals surface area contributed by atoms with E-state index in [1.165, 1.54) is 6.92 Å². The van der Waals surface area contributed by atoms with Crippen LogP contribution in [-0.2, 0) is 11.2 Å². The second-order valence-electron chi connectivity index (χ2n) is 5.76. The summed E-state index contributed by atoms with van der Waals surface area (Å²) in [5.41, 5.74) is 2.46. The molecule has 3 heteroatoms. The number of hydrogen-bond acceptors (Lipinski definition) is 2. The van der Waals surface area contributed by atoms with Crippen LogP contribution < -0.4 is 5.32 Å². The number of hydrogen-bond donors (Lipinski definition) is 2. The lowest BCUT2D eigenvalue weighted by Gasteiger charge is -2.22. The van der Waals surface area contributed by atoms with Crippen LogP contribution in [0.15, 0.2) is 48.5 Å². The first-order chi connectivity index (χ1) is 9.87. The van der Waals surface area contributed by atoms with E-state index >= 15 is 0 Å². The molecule has 0 aromatic heterocycles. The van der Waals surface area contributed by atoms with Crippen molar-refractivity contribution in [2.75, 3.05) is 5.32 Å². The molecular formula is C18H21NO2. The number of aliphatic hydroxyl groups is 1. The first-order valence-electron chi connectivity index (χ1n) is 7.03. The maximum absolute atomic E-state index is 12.2. The summed E-state index contributed by atoms with van der Waals surface area (Å²) in [4.78, 5) is 12.2. The maximum Gasteiger partial charge on any atom is 0.256 e. The predicted molar refractivity (Wildman–Crippen MR) is 85.3 cm³/mol. The number of carbonyl (C=O) groups is 1. The molecule has 2 rings (SSSR count). The van der Waals surface area contributed by atoms with Gasteiger partial charge in [0.1, 0.15) is 5.60 Å². The van der Waals surface area contributed by atoms with Gasteiger partial charge in [0.05, 0.1) is 0 Å². The summed E-state index contributed by atoms with van der Waals surface area (Å²) in [5, 5.41) is 13.2. The number of anilines is 1. The van der Waals surface area contributed by atoms with Gasteiger partial charge in [-0.2, -0.15) is 0 Å². The van der Waals surface area contributed by atoms with Crippen LogP contribution >= 0.6 is 0 Å². The molecule has 1 amide bonds. The molecule has 0 fully saturated rings. The van der Waals surface area contributed by atoms with Crippen molar-refractivity contribution >= 4 is 11.6 Å². The number of amides is 1. The Morgan fingerprint density at radius 3 is 2.00 bits per heavy atom. The molecule has 0 radical (unpaired) electrons. The van der Waals surface area contributed by atoms with Gasteiger partial charge in [0, 0.05) is 12.1 Å². The Morgan fingerprint density at radius 1 is 1.00 bits per heavy atom. The van der Waals surface area contributed by atoms with Gasteiger partial charge >= 0.3 is 0 Å².